The highest BCUT2D eigenvalue weighted by Gasteiger charge is 2.18. The Morgan fingerprint density at radius 1 is 1.21 bits per heavy atom. The van der Waals surface area contributed by atoms with Gasteiger partial charge in [-0.2, -0.15) is 4.98 Å². The van der Waals surface area contributed by atoms with E-state index in [1.807, 2.05) is 6.07 Å². The monoisotopic (exact) mass is 325 g/mol. The van der Waals surface area contributed by atoms with Crippen molar-refractivity contribution in [1.82, 2.24) is 14.9 Å². The lowest BCUT2D eigenvalue weighted by Gasteiger charge is -2.32. The molecule has 1 fully saturated rings. The van der Waals surface area contributed by atoms with Crippen LogP contribution in [0.4, 0.5) is 17.5 Å². The van der Waals surface area contributed by atoms with Crippen LogP contribution in [0.5, 0.6) is 0 Å². The van der Waals surface area contributed by atoms with Gasteiger partial charge in [0.2, 0.25) is 12.4 Å². The molecular formula is C18H23N5O. The van der Waals surface area contributed by atoms with Crippen LogP contribution in [0, 0.1) is 6.92 Å². The minimum Gasteiger partial charge on any atom is -0.342 e. The first-order valence-electron chi connectivity index (χ1n) is 8.34. The third-order valence-corrected chi connectivity index (χ3v) is 4.38. The topological polar surface area (TPSA) is 61.4 Å². The molecule has 0 atom stereocenters. The van der Waals surface area contributed by atoms with E-state index in [-0.39, 0.29) is 0 Å². The molecule has 0 radical (unpaired) electrons. The van der Waals surface area contributed by atoms with Crippen molar-refractivity contribution in [3.8, 4) is 0 Å². The van der Waals surface area contributed by atoms with E-state index in [1.165, 1.54) is 11.1 Å². The van der Waals surface area contributed by atoms with E-state index in [0.29, 0.717) is 19.0 Å². The number of anilines is 3. The molecule has 126 valence electrons. The number of nitrogens with zero attached hydrogens (tertiary/aromatic N) is 4. The molecule has 0 spiro atoms. The molecule has 1 aliphatic rings. The molecule has 1 saturated heterocycles. The van der Waals surface area contributed by atoms with Crippen molar-refractivity contribution in [2.75, 3.05) is 36.4 Å². The molecule has 2 heterocycles. The standard InChI is InChI=1S/C18H23N5O/c1-3-15-6-4-5-14(2)17(15)20-16-7-8-19-18(21-16)23-11-9-22(13-24)10-12-23/h4-8,13H,3,9-12H2,1-2H3,(H,19,20,21). The van der Waals surface area contributed by atoms with Gasteiger partial charge < -0.3 is 15.1 Å². The van der Waals surface area contributed by atoms with Crippen molar-refractivity contribution in [3.05, 3.63) is 41.6 Å². The molecular weight excluding hydrogens is 302 g/mol. The van der Waals surface area contributed by atoms with Gasteiger partial charge in [-0.15, -0.1) is 0 Å². The molecule has 6 nitrogen and oxygen atoms in total. The van der Waals surface area contributed by atoms with Crippen LogP contribution in [0.2, 0.25) is 0 Å². The highest BCUT2D eigenvalue weighted by atomic mass is 16.1. The minimum absolute atomic E-state index is 0.706. The van der Waals surface area contributed by atoms with Gasteiger partial charge in [0.1, 0.15) is 5.82 Å². The summed E-state index contributed by atoms with van der Waals surface area (Å²) in [6, 6.07) is 8.20. The summed E-state index contributed by atoms with van der Waals surface area (Å²) in [5, 5.41) is 3.45. The zero-order valence-corrected chi connectivity index (χ0v) is 14.2. The molecule has 1 aromatic heterocycles. The Balaban J connectivity index is 1.78. The first kappa shape index (κ1) is 16.2. The van der Waals surface area contributed by atoms with Crippen LogP contribution in [0.25, 0.3) is 0 Å². The quantitative estimate of drug-likeness (QED) is 0.855. The molecule has 0 saturated carbocycles. The van der Waals surface area contributed by atoms with Crippen LogP contribution in [0.3, 0.4) is 0 Å². The number of amides is 1. The van der Waals surface area contributed by atoms with Crippen LogP contribution in [-0.4, -0.2) is 47.5 Å². The first-order chi connectivity index (χ1) is 11.7. The van der Waals surface area contributed by atoms with Crippen LogP contribution in [0.15, 0.2) is 30.5 Å². The Bertz CT molecular complexity index is 710. The first-order valence-corrected chi connectivity index (χ1v) is 8.34. The molecule has 0 aliphatic carbocycles. The fourth-order valence-electron chi connectivity index (χ4n) is 2.93. The Morgan fingerprint density at radius 2 is 2.00 bits per heavy atom. The van der Waals surface area contributed by atoms with Crippen LogP contribution in [-0.2, 0) is 11.2 Å². The van der Waals surface area contributed by atoms with Gasteiger partial charge in [0.15, 0.2) is 0 Å². The lowest BCUT2D eigenvalue weighted by molar-refractivity contribution is -0.118. The summed E-state index contributed by atoms with van der Waals surface area (Å²) < 4.78 is 0. The number of para-hydroxylation sites is 1. The lowest BCUT2D eigenvalue weighted by Crippen LogP contribution is -2.46. The third kappa shape index (κ3) is 3.48. The van der Waals surface area contributed by atoms with Crippen LogP contribution in [0.1, 0.15) is 18.1 Å². The second-order valence-corrected chi connectivity index (χ2v) is 5.96. The Morgan fingerprint density at radius 3 is 2.71 bits per heavy atom. The Kier molecular flexibility index (Phi) is 4.93. The Labute approximate surface area is 142 Å². The normalized spacial score (nSPS) is 14.6. The van der Waals surface area contributed by atoms with Crippen molar-refractivity contribution in [3.63, 3.8) is 0 Å². The molecule has 1 aliphatic heterocycles. The molecule has 1 amide bonds. The SMILES string of the molecule is CCc1cccc(C)c1Nc1ccnc(N2CCN(C=O)CC2)n1. The van der Waals surface area contributed by atoms with Gasteiger partial charge in [-0.05, 0) is 30.5 Å². The lowest BCUT2D eigenvalue weighted by atomic mass is 10.1. The summed E-state index contributed by atoms with van der Waals surface area (Å²) in [6.45, 7) is 7.18. The fourth-order valence-corrected chi connectivity index (χ4v) is 2.93. The predicted octanol–water partition coefficient (Wildman–Crippen LogP) is 2.37. The van der Waals surface area contributed by atoms with E-state index < -0.39 is 0 Å². The molecule has 24 heavy (non-hydrogen) atoms. The summed E-state index contributed by atoms with van der Waals surface area (Å²) in [5.41, 5.74) is 3.60. The van der Waals surface area contributed by atoms with E-state index in [9.17, 15) is 4.79 Å². The van der Waals surface area contributed by atoms with Gasteiger partial charge in [-0.3, -0.25) is 4.79 Å². The number of aryl methyl sites for hydroxylation is 2. The minimum atomic E-state index is 0.706. The van der Waals surface area contributed by atoms with E-state index in [0.717, 1.165) is 37.4 Å². The van der Waals surface area contributed by atoms with Gasteiger partial charge >= 0.3 is 0 Å². The van der Waals surface area contributed by atoms with Crippen molar-refractivity contribution in [2.24, 2.45) is 0 Å². The number of benzene rings is 1. The van der Waals surface area contributed by atoms with E-state index >= 15 is 0 Å². The third-order valence-electron chi connectivity index (χ3n) is 4.38. The average molecular weight is 325 g/mol. The van der Waals surface area contributed by atoms with E-state index in [2.05, 4.69) is 52.2 Å². The number of piperazine rings is 1. The molecule has 0 bridgehead atoms. The zero-order chi connectivity index (χ0) is 16.9. The van der Waals surface area contributed by atoms with Crippen molar-refractivity contribution < 1.29 is 4.79 Å². The van der Waals surface area contributed by atoms with Crippen LogP contribution >= 0.6 is 0 Å². The number of carbonyl (C=O) groups is 1. The van der Waals surface area contributed by atoms with Crippen LogP contribution < -0.4 is 10.2 Å². The number of nitrogens with one attached hydrogen (secondary N) is 1. The second-order valence-electron chi connectivity index (χ2n) is 5.96. The van der Waals surface area contributed by atoms with E-state index in [4.69, 9.17) is 0 Å². The second kappa shape index (κ2) is 7.29. The number of hydrogen-bond acceptors (Lipinski definition) is 5. The molecule has 1 N–H and O–H groups in total. The summed E-state index contributed by atoms with van der Waals surface area (Å²) in [4.78, 5) is 23.8. The smallest absolute Gasteiger partial charge is 0.227 e. The average Bonchev–Trinajstić information content (AvgIpc) is 2.64. The number of rotatable bonds is 5. The maximum Gasteiger partial charge on any atom is 0.227 e. The van der Waals surface area contributed by atoms with Gasteiger partial charge in [0.05, 0.1) is 0 Å². The fraction of sp³-hybridized carbons (Fsp3) is 0.389. The molecule has 0 unspecified atom stereocenters. The zero-order valence-electron chi connectivity index (χ0n) is 14.2. The highest BCUT2D eigenvalue weighted by Crippen LogP contribution is 2.25. The maximum absolute atomic E-state index is 10.8. The molecule has 1 aromatic carbocycles. The van der Waals surface area contributed by atoms with Gasteiger partial charge in [-0.25, -0.2) is 4.98 Å². The van der Waals surface area contributed by atoms with Crippen molar-refractivity contribution in [2.45, 2.75) is 20.3 Å². The van der Waals surface area contributed by atoms with Crippen molar-refractivity contribution >= 4 is 23.9 Å². The summed E-state index contributed by atoms with van der Waals surface area (Å²) in [6.07, 6.45) is 3.65. The number of carbonyl (C=O) groups excluding carboxylic acids is 1. The van der Waals surface area contributed by atoms with E-state index in [1.54, 1.807) is 11.1 Å². The molecule has 6 heteroatoms. The Hall–Kier alpha value is -2.63. The van der Waals surface area contributed by atoms with Gasteiger partial charge in [-0.1, -0.05) is 25.1 Å². The van der Waals surface area contributed by atoms with Gasteiger partial charge in [0, 0.05) is 38.1 Å². The summed E-state index contributed by atoms with van der Waals surface area (Å²) in [5.74, 6) is 1.50. The van der Waals surface area contributed by atoms with Gasteiger partial charge in [0.25, 0.3) is 0 Å². The number of aromatic nitrogens is 2. The largest absolute Gasteiger partial charge is 0.342 e. The maximum atomic E-state index is 10.8. The molecule has 2 aromatic rings. The summed E-state index contributed by atoms with van der Waals surface area (Å²) >= 11 is 0. The molecule has 3 rings (SSSR count). The summed E-state index contributed by atoms with van der Waals surface area (Å²) in [7, 11) is 0. The van der Waals surface area contributed by atoms with Crippen molar-refractivity contribution in [1.29, 1.82) is 0 Å². The predicted molar refractivity (Wildman–Crippen MR) is 95.7 cm³/mol. The number of hydrogen-bond donors (Lipinski definition) is 1. The highest BCUT2D eigenvalue weighted by molar-refractivity contribution is 5.65.